The highest BCUT2D eigenvalue weighted by Gasteiger charge is 2.18. The molecule has 1 amide bonds. The summed E-state index contributed by atoms with van der Waals surface area (Å²) in [7, 11) is 0. The van der Waals surface area contributed by atoms with E-state index in [1.807, 2.05) is 0 Å². The highest BCUT2D eigenvalue weighted by molar-refractivity contribution is 6.44. The minimum Gasteiger partial charge on any atom is -0.491 e. The van der Waals surface area contributed by atoms with E-state index in [-0.39, 0.29) is 24.9 Å². The van der Waals surface area contributed by atoms with Gasteiger partial charge in [0.1, 0.15) is 23.3 Å². The van der Waals surface area contributed by atoms with Gasteiger partial charge in [-0.15, -0.1) is 35.6 Å². The van der Waals surface area contributed by atoms with Gasteiger partial charge in [0, 0.05) is 18.7 Å². The lowest BCUT2D eigenvalue weighted by molar-refractivity contribution is 0.0303. The van der Waals surface area contributed by atoms with Crippen molar-refractivity contribution in [1.82, 2.24) is 4.90 Å². The number of amides is 1. The molecule has 2 rings (SSSR count). The molecular weight excluding hydrogens is 353 g/mol. The molecule has 1 atom stereocenters. The van der Waals surface area contributed by atoms with Gasteiger partial charge in [-0.05, 0) is 24.3 Å². The molecule has 0 saturated carbocycles. The third-order valence-electron chi connectivity index (χ3n) is 3.11. The van der Waals surface area contributed by atoms with E-state index in [0.717, 1.165) is 0 Å². The Morgan fingerprint density at radius 2 is 1.86 bits per heavy atom. The van der Waals surface area contributed by atoms with Crippen LogP contribution in [0.5, 0.6) is 5.75 Å². The minimum atomic E-state index is -0.956. The number of hydrogen-bond donors (Lipinski definition) is 1. The molecular formula is C14H18Cl3NO4. The lowest BCUT2D eigenvalue weighted by Gasteiger charge is -2.26. The molecule has 1 fully saturated rings. The SMILES string of the molecule is Cl.O=C(c1ccc(OCC(O)C(Cl)Cl)cc1)N1CCOCC1. The third kappa shape index (κ3) is 5.48. The molecule has 0 aromatic heterocycles. The Hall–Kier alpha value is -0.720. The van der Waals surface area contributed by atoms with E-state index >= 15 is 0 Å². The molecule has 0 bridgehead atoms. The van der Waals surface area contributed by atoms with Crippen LogP contribution in [0, 0.1) is 0 Å². The smallest absolute Gasteiger partial charge is 0.254 e. The second-order valence-corrected chi connectivity index (χ2v) is 5.81. The zero-order valence-corrected chi connectivity index (χ0v) is 14.1. The first kappa shape index (κ1) is 19.3. The standard InChI is InChI=1S/C14H17Cl2NO4.ClH/c15-13(16)12(18)9-21-11-3-1-10(2-4-11)14(19)17-5-7-20-8-6-17;/h1-4,12-13,18H,5-9H2;1H. The molecule has 1 unspecified atom stereocenters. The van der Waals surface area contributed by atoms with E-state index < -0.39 is 10.9 Å². The first-order valence-corrected chi connectivity index (χ1v) is 7.51. The van der Waals surface area contributed by atoms with Crippen molar-refractivity contribution in [2.24, 2.45) is 0 Å². The van der Waals surface area contributed by atoms with E-state index in [1.165, 1.54) is 0 Å². The van der Waals surface area contributed by atoms with E-state index in [2.05, 4.69) is 0 Å². The Morgan fingerprint density at radius 3 is 2.41 bits per heavy atom. The van der Waals surface area contributed by atoms with Crippen LogP contribution in [0.15, 0.2) is 24.3 Å². The van der Waals surface area contributed by atoms with Gasteiger partial charge in [0.25, 0.3) is 5.91 Å². The van der Waals surface area contributed by atoms with Crippen molar-refractivity contribution in [3.63, 3.8) is 0 Å². The Kier molecular flexibility index (Phi) is 8.28. The summed E-state index contributed by atoms with van der Waals surface area (Å²) in [6.07, 6.45) is -0.956. The molecule has 1 aliphatic rings. The summed E-state index contributed by atoms with van der Waals surface area (Å²) in [4.78, 5) is 13.1. The zero-order chi connectivity index (χ0) is 15.2. The normalized spacial score (nSPS) is 16.1. The molecule has 1 saturated heterocycles. The molecule has 1 N–H and O–H groups in total. The van der Waals surface area contributed by atoms with Gasteiger partial charge in [0.2, 0.25) is 0 Å². The number of nitrogens with zero attached hydrogens (tertiary/aromatic N) is 1. The lowest BCUT2D eigenvalue weighted by atomic mass is 10.2. The molecule has 1 aliphatic heterocycles. The average Bonchev–Trinajstić information content (AvgIpc) is 2.53. The summed E-state index contributed by atoms with van der Waals surface area (Å²) < 4.78 is 10.6. The number of benzene rings is 1. The number of halogens is 3. The quantitative estimate of drug-likeness (QED) is 0.807. The molecule has 22 heavy (non-hydrogen) atoms. The van der Waals surface area contributed by atoms with Crippen molar-refractivity contribution < 1.29 is 19.4 Å². The van der Waals surface area contributed by atoms with E-state index in [1.54, 1.807) is 29.2 Å². The second kappa shape index (κ2) is 9.43. The van der Waals surface area contributed by atoms with Crippen LogP contribution in [-0.4, -0.2) is 59.8 Å². The van der Waals surface area contributed by atoms with Crippen LogP contribution in [0.1, 0.15) is 10.4 Å². The van der Waals surface area contributed by atoms with Gasteiger partial charge in [0.15, 0.2) is 0 Å². The zero-order valence-electron chi connectivity index (χ0n) is 11.8. The molecule has 5 nitrogen and oxygen atoms in total. The number of rotatable bonds is 5. The van der Waals surface area contributed by atoms with Crippen LogP contribution in [-0.2, 0) is 4.74 Å². The summed E-state index contributed by atoms with van der Waals surface area (Å²) in [6.45, 7) is 2.35. The van der Waals surface area contributed by atoms with Crippen molar-refractivity contribution in [3.8, 4) is 5.75 Å². The minimum absolute atomic E-state index is 0. The fourth-order valence-electron chi connectivity index (χ4n) is 1.90. The number of carbonyl (C=O) groups excluding carboxylic acids is 1. The molecule has 1 aromatic carbocycles. The average molecular weight is 371 g/mol. The molecule has 8 heteroatoms. The van der Waals surface area contributed by atoms with Crippen LogP contribution >= 0.6 is 35.6 Å². The predicted molar refractivity (Wildman–Crippen MR) is 87.4 cm³/mol. The number of morpholine rings is 1. The number of carbonyl (C=O) groups is 1. The van der Waals surface area contributed by atoms with Crippen LogP contribution < -0.4 is 4.74 Å². The van der Waals surface area contributed by atoms with Gasteiger partial charge in [-0.2, -0.15) is 0 Å². The fraction of sp³-hybridized carbons (Fsp3) is 0.500. The van der Waals surface area contributed by atoms with Crippen molar-refractivity contribution in [2.75, 3.05) is 32.9 Å². The Bertz CT molecular complexity index is 464. The van der Waals surface area contributed by atoms with Gasteiger partial charge in [-0.1, -0.05) is 0 Å². The number of ether oxygens (including phenoxy) is 2. The van der Waals surface area contributed by atoms with Crippen molar-refractivity contribution in [2.45, 2.75) is 10.9 Å². The molecule has 1 heterocycles. The topological polar surface area (TPSA) is 59.0 Å². The number of hydrogen-bond acceptors (Lipinski definition) is 4. The summed E-state index contributed by atoms with van der Waals surface area (Å²) in [5.41, 5.74) is 0.595. The van der Waals surface area contributed by atoms with Gasteiger partial charge < -0.3 is 19.5 Å². The van der Waals surface area contributed by atoms with Gasteiger partial charge in [-0.25, -0.2) is 0 Å². The van der Waals surface area contributed by atoms with Gasteiger partial charge in [0.05, 0.1) is 13.2 Å². The van der Waals surface area contributed by atoms with E-state index in [4.69, 9.17) is 32.7 Å². The first-order valence-electron chi connectivity index (χ1n) is 6.64. The maximum absolute atomic E-state index is 12.2. The first-order chi connectivity index (χ1) is 10.1. The predicted octanol–water partition coefficient (Wildman–Crippen LogP) is 2.12. The molecule has 124 valence electrons. The van der Waals surface area contributed by atoms with Crippen LogP contribution in [0.4, 0.5) is 0 Å². The number of aliphatic hydroxyl groups is 1. The molecule has 0 aliphatic carbocycles. The maximum Gasteiger partial charge on any atom is 0.254 e. The van der Waals surface area contributed by atoms with Crippen molar-refractivity contribution in [3.05, 3.63) is 29.8 Å². The van der Waals surface area contributed by atoms with E-state index in [0.29, 0.717) is 37.6 Å². The lowest BCUT2D eigenvalue weighted by Crippen LogP contribution is -2.40. The highest BCUT2D eigenvalue weighted by atomic mass is 35.5. The Morgan fingerprint density at radius 1 is 1.27 bits per heavy atom. The van der Waals surface area contributed by atoms with Crippen LogP contribution in [0.3, 0.4) is 0 Å². The van der Waals surface area contributed by atoms with Gasteiger partial charge >= 0.3 is 0 Å². The van der Waals surface area contributed by atoms with Crippen LogP contribution in [0.2, 0.25) is 0 Å². The maximum atomic E-state index is 12.2. The number of aliphatic hydroxyl groups excluding tert-OH is 1. The largest absolute Gasteiger partial charge is 0.491 e. The summed E-state index contributed by atoms with van der Waals surface area (Å²) in [6, 6.07) is 6.74. The molecule has 1 aromatic rings. The highest BCUT2D eigenvalue weighted by Crippen LogP contribution is 2.16. The summed E-state index contributed by atoms with van der Waals surface area (Å²) >= 11 is 11.0. The summed E-state index contributed by atoms with van der Waals surface area (Å²) in [5.74, 6) is 0.521. The monoisotopic (exact) mass is 369 g/mol. The second-order valence-electron chi connectivity index (χ2n) is 4.64. The van der Waals surface area contributed by atoms with Crippen molar-refractivity contribution in [1.29, 1.82) is 0 Å². The fourth-order valence-corrected chi connectivity index (χ4v) is 2.04. The Labute approximate surface area is 145 Å². The van der Waals surface area contributed by atoms with Crippen LogP contribution in [0.25, 0.3) is 0 Å². The third-order valence-corrected chi connectivity index (χ3v) is 3.69. The van der Waals surface area contributed by atoms with E-state index in [9.17, 15) is 9.90 Å². The number of alkyl halides is 2. The Balaban J connectivity index is 0.00000242. The summed E-state index contributed by atoms with van der Waals surface area (Å²) in [5, 5.41) is 9.44. The van der Waals surface area contributed by atoms with Crippen molar-refractivity contribution >= 4 is 41.5 Å². The molecule has 0 spiro atoms. The van der Waals surface area contributed by atoms with Gasteiger partial charge in [-0.3, -0.25) is 4.79 Å². The molecule has 0 radical (unpaired) electrons.